The number of sulfone groups is 1. The summed E-state index contributed by atoms with van der Waals surface area (Å²) in [6.07, 6.45) is 3.35. The first-order chi connectivity index (χ1) is 13.0. The molecule has 0 aliphatic heterocycles. The standard InChI is InChI=1S/C18H15ClF3NO4S/c19-14-9-11(28(26,27)18(20,21)22)6-8-15(14)23-17(25)13-7-5-10-3-1-2-4-12(10)16(13)24/h5-9,24H,1-4H2,(H,23,25). The van der Waals surface area contributed by atoms with Crippen molar-refractivity contribution in [3.63, 3.8) is 0 Å². The smallest absolute Gasteiger partial charge is 0.501 e. The van der Waals surface area contributed by atoms with Gasteiger partial charge in [-0.1, -0.05) is 17.7 Å². The molecule has 3 rings (SSSR count). The molecular weight excluding hydrogens is 419 g/mol. The number of aromatic hydroxyl groups is 1. The third kappa shape index (κ3) is 3.68. The van der Waals surface area contributed by atoms with E-state index in [1.807, 2.05) is 0 Å². The molecule has 5 nitrogen and oxygen atoms in total. The van der Waals surface area contributed by atoms with E-state index in [2.05, 4.69) is 5.32 Å². The van der Waals surface area contributed by atoms with Crippen LogP contribution in [0.5, 0.6) is 5.75 Å². The molecule has 2 N–H and O–H groups in total. The number of benzene rings is 2. The van der Waals surface area contributed by atoms with Crippen LogP contribution in [0.1, 0.15) is 34.3 Å². The first-order valence-corrected chi connectivity index (χ1v) is 10.1. The van der Waals surface area contributed by atoms with E-state index in [4.69, 9.17) is 11.6 Å². The van der Waals surface area contributed by atoms with Crippen LogP contribution < -0.4 is 5.32 Å². The molecule has 10 heteroatoms. The van der Waals surface area contributed by atoms with Gasteiger partial charge in [0.25, 0.3) is 15.7 Å². The Bertz CT molecular complexity index is 1050. The summed E-state index contributed by atoms with van der Waals surface area (Å²) in [6, 6.07) is 5.51. The van der Waals surface area contributed by atoms with E-state index in [0.717, 1.165) is 30.9 Å². The van der Waals surface area contributed by atoms with Gasteiger partial charge in [0, 0.05) is 0 Å². The molecule has 0 heterocycles. The highest BCUT2D eigenvalue weighted by Crippen LogP contribution is 2.35. The minimum atomic E-state index is -5.55. The monoisotopic (exact) mass is 433 g/mol. The molecular formula is C18H15ClF3NO4S. The van der Waals surface area contributed by atoms with Crippen LogP contribution in [0.2, 0.25) is 5.02 Å². The first-order valence-electron chi connectivity index (χ1n) is 8.28. The Morgan fingerprint density at radius 3 is 2.43 bits per heavy atom. The number of hydrogen-bond donors (Lipinski definition) is 2. The van der Waals surface area contributed by atoms with Gasteiger partial charge in [-0.15, -0.1) is 0 Å². The molecule has 0 fully saturated rings. The zero-order valence-corrected chi connectivity index (χ0v) is 15.9. The normalized spacial score (nSPS) is 14.4. The van der Waals surface area contributed by atoms with E-state index in [1.54, 1.807) is 6.07 Å². The molecule has 28 heavy (non-hydrogen) atoms. The van der Waals surface area contributed by atoms with Gasteiger partial charge in [0.2, 0.25) is 0 Å². The highest BCUT2D eigenvalue weighted by molar-refractivity contribution is 7.92. The zero-order valence-electron chi connectivity index (χ0n) is 14.3. The number of carbonyl (C=O) groups is 1. The molecule has 0 atom stereocenters. The molecule has 1 amide bonds. The number of alkyl halides is 3. The maximum atomic E-state index is 12.6. The Balaban J connectivity index is 1.88. The summed E-state index contributed by atoms with van der Waals surface area (Å²) in [5.74, 6) is -0.846. The maximum absolute atomic E-state index is 12.6. The second kappa shape index (κ2) is 7.29. The van der Waals surface area contributed by atoms with Crippen molar-refractivity contribution in [1.82, 2.24) is 0 Å². The van der Waals surface area contributed by atoms with Gasteiger partial charge >= 0.3 is 5.51 Å². The molecule has 0 radical (unpaired) electrons. The van der Waals surface area contributed by atoms with E-state index in [0.29, 0.717) is 24.1 Å². The SMILES string of the molecule is O=C(Nc1ccc(S(=O)(=O)C(F)(F)F)cc1Cl)c1ccc2c(c1O)CCCC2. The lowest BCUT2D eigenvalue weighted by molar-refractivity contribution is -0.0436. The van der Waals surface area contributed by atoms with Crippen LogP contribution in [-0.2, 0) is 22.7 Å². The number of halogens is 4. The third-order valence-corrected chi connectivity index (χ3v) is 6.35. The Morgan fingerprint density at radius 1 is 1.11 bits per heavy atom. The van der Waals surface area contributed by atoms with Crippen LogP contribution in [0.15, 0.2) is 35.2 Å². The van der Waals surface area contributed by atoms with Gasteiger partial charge in [-0.05, 0) is 61.1 Å². The van der Waals surface area contributed by atoms with Crippen molar-refractivity contribution in [2.24, 2.45) is 0 Å². The molecule has 1 aliphatic rings. The van der Waals surface area contributed by atoms with Gasteiger partial charge < -0.3 is 10.4 Å². The summed E-state index contributed by atoms with van der Waals surface area (Å²) in [5.41, 5.74) is -3.86. The number of nitrogens with one attached hydrogen (secondary N) is 1. The van der Waals surface area contributed by atoms with E-state index < -0.39 is 26.1 Å². The lowest BCUT2D eigenvalue weighted by atomic mass is 9.89. The second-order valence-electron chi connectivity index (χ2n) is 6.35. The molecule has 2 aromatic rings. The van der Waals surface area contributed by atoms with Crippen molar-refractivity contribution in [1.29, 1.82) is 0 Å². The van der Waals surface area contributed by atoms with Crippen LogP contribution in [-0.4, -0.2) is 24.9 Å². The van der Waals surface area contributed by atoms with Crippen LogP contribution >= 0.6 is 11.6 Å². The predicted octanol–water partition coefficient (Wildman–Crippen LogP) is 4.47. The highest BCUT2D eigenvalue weighted by Gasteiger charge is 2.47. The lowest BCUT2D eigenvalue weighted by Gasteiger charge is -2.19. The Hall–Kier alpha value is -2.26. The maximum Gasteiger partial charge on any atom is 0.501 e. The van der Waals surface area contributed by atoms with E-state index in [9.17, 15) is 31.5 Å². The van der Waals surface area contributed by atoms with Crippen LogP contribution in [0.4, 0.5) is 18.9 Å². The fourth-order valence-electron chi connectivity index (χ4n) is 3.08. The number of phenolic OH excluding ortho intramolecular Hbond substituents is 1. The summed E-state index contributed by atoms with van der Waals surface area (Å²) < 4.78 is 60.8. The second-order valence-corrected chi connectivity index (χ2v) is 8.70. The van der Waals surface area contributed by atoms with Crippen molar-refractivity contribution in [3.05, 3.63) is 52.0 Å². The quantitative estimate of drug-likeness (QED) is 0.748. The molecule has 0 aromatic heterocycles. The van der Waals surface area contributed by atoms with Crippen LogP contribution in [0.25, 0.3) is 0 Å². The predicted molar refractivity (Wildman–Crippen MR) is 97.4 cm³/mol. The van der Waals surface area contributed by atoms with Crippen molar-refractivity contribution < 1.29 is 31.5 Å². The summed E-state index contributed by atoms with van der Waals surface area (Å²) in [7, 11) is -5.55. The van der Waals surface area contributed by atoms with E-state index >= 15 is 0 Å². The van der Waals surface area contributed by atoms with Crippen LogP contribution in [0.3, 0.4) is 0 Å². The average Bonchev–Trinajstić information content (AvgIpc) is 2.62. The number of phenols is 1. The Labute approximate surface area is 164 Å². The number of anilines is 1. The molecule has 0 bridgehead atoms. The molecule has 150 valence electrons. The summed E-state index contributed by atoms with van der Waals surface area (Å²) >= 11 is 5.86. The van der Waals surface area contributed by atoms with E-state index in [-0.39, 0.29) is 22.0 Å². The van der Waals surface area contributed by atoms with Crippen molar-refractivity contribution in [2.45, 2.75) is 36.1 Å². The summed E-state index contributed by atoms with van der Waals surface area (Å²) in [4.78, 5) is 11.5. The average molecular weight is 434 g/mol. The summed E-state index contributed by atoms with van der Waals surface area (Å²) in [5, 5.41) is 12.4. The first kappa shape index (κ1) is 20.5. The Kier molecular flexibility index (Phi) is 5.33. The minimum absolute atomic E-state index is 0.00343. The topological polar surface area (TPSA) is 83.5 Å². The zero-order chi connectivity index (χ0) is 20.7. The fraction of sp³-hybridized carbons (Fsp3) is 0.278. The molecule has 0 saturated heterocycles. The number of aryl methyl sites for hydroxylation is 1. The highest BCUT2D eigenvalue weighted by atomic mass is 35.5. The number of hydrogen-bond acceptors (Lipinski definition) is 4. The molecule has 2 aromatic carbocycles. The third-order valence-electron chi connectivity index (χ3n) is 4.55. The number of amides is 1. The molecule has 0 saturated carbocycles. The van der Waals surface area contributed by atoms with Gasteiger partial charge in [0.15, 0.2) is 0 Å². The molecule has 0 unspecified atom stereocenters. The van der Waals surface area contributed by atoms with Gasteiger partial charge in [-0.3, -0.25) is 4.79 Å². The van der Waals surface area contributed by atoms with Crippen LogP contribution in [0, 0.1) is 0 Å². The molecule has 1 aliphatic carbocycles. The lowest BCUT2D eigenvalue weighted by Crippen LogP contribution is -2.23. The number of carbonyl (C=O) groups excluding carboxylic acids is 1. The Morgan fingerprint density at radius 2 is 1.79 bits per heavy atom. The van der Waals surface area contributed by atoms with Gasteiger partial charge in [0.05, 0.1) is 21.2 Å². The van der Waals surface area contributed by atoms with Gasteiger partial charge in [0.1, 0.15) is 5.75 Å². The number of rotatable bonds is 3. The van der Waals surface area contributed by atoms with Gasteiger partial charge in [-0.25, -0.2) is 8.42 Å². The van der Waals surface area contributed by atoms with E-state index in [1.165, 1.54) is 6.07 Å². The van der Waals surface area contributed by atoms with Crippen molar-refractivity contribution in [2.75, 3.05) is 5.32 Å². The van der Waals surface area contributed by atoms with Crippen molar-refractivity contribution >= 4 is 33.0 Å². The molecule has 0 spiro atoms. The summed E-state index contributed by atoms with van der Waals surface area (Å²) in [6.45, 7) is 0. The minimum Gasteiger partial charge on any atom is -0.507 e. The van der Waals surface area contributed by atoms with Crippen molar-refractivity contribution in [3.8, 4) is 5.75 Å². The largest absolute Gasteiger partial charge is 0.507 e. The number of fused-ring (bicyclic) bond motifs is 1. The fourth-order valence-corrected chi connectivity index (χ4v) is 4.16. The van der Waals surface area contributed by atoms with Gasteiger partial charge in [-0.2, -0.15) is 13.2 Å².